The molecule has 4 rings (SSSR count). The van der Waals surface area contributed by atoms with Gasteiger partial charge in [-0.2, -0.15) is 0 Å². The molecule has 0 aromatic heterocycles. The number of hydrogen-bond donors (Lipinski definition) is 2. The summed E-state index contributed by atoms with van der Waals surface area (Å²) in [6, 6.07) is 19.1. The number of nitrogens with one attached hydrogen (secondary N) is 2. The van der Waals surface area contributed by atoms with Crippen LogP contribution in [0.2, 0.25) is 5.02 Å². The highest BCUT2D eigenvalue weighted by Gasteiger charge is 2.23. The molecule has 0 radical (unpaired) electrons. The van der Waals surface area contributed by atoms with Gasteiger partial charge in [0, 0.05) is 22.8 Å². The SMILES string of the molecule is Cc1cccc(C(=O)Nc2ccc3c(c2)CC(CNS(C)(=O)=O)C3)c1-c1ccc(Cl)cc1. The van der Waals surface area contributed by atoms with Gasteiger partial charge in [-0.15, -0.1) is 0 Å². The Morgan fingerprint density at radius 1 is 1.03 bits per heavy atom. The molecule has 0 saturated heterocycles. The second-order valence-electron chi connectivity index (χ2n) is 8.34. The lowest BCUT2D eigenvalue weighted by Crippen LogP contribution is -2.28. The molecule has 166 valence electrons. The number of benzene rings is 3. The number of sulfonamides is 1. The summed E-state index contributed by atoms with van der Waals surface area (Å²) in [5.41, 5.74) is 6.50. The Hall–Kier alpha value is -2.67. The standard InChI is InChI=1S/C25H25ClN2O3S/c1-16-4-3-5-23(24(16)18-6-9-21(26)10-7-18)25(29)28-22-11-8-19-12-17(13-20(19)14-22)15-27-32(2,30)31/h3-11,14,17,27H,12-13,15H2,1-2H3,(H,28,29). The van der Waals surface area contributed by atoms with Gasteiger partial charge in [-0.1, -0.05) is 41.9 Å². The topological polar surface area (TPSA) is 75.3 Å². The molecule has 1 aliphatic carbocycles. The quantitative estimate of drug-likeness (QED) is 0.544. The average molecular weight is 469 g/mol. The molecule has 1 atom stereocenters. The summed E-state index contributed by atoms with van der Waals surface area (Å²) >= 11 is 6.03. The van der Waals surface area contributed by atoms with Crippen LogP contribution in [0.15, 0.2) is 60.7 Å². The number of aryl methyl sites for hydroxylation is 1. The number of carbonyl (C=O) groups is 1. The predicted octanol–water partition coefficient (Wildman–Crippen LogP) is 4.83. The molecule has 1 unspecified atom stereocenters. The molecule has 3 aromatic rings. The monoisotopic (exact) mass is 468 g/mol. The van der Waals surface area contributed by atoms with Gasteiger partial charge < -0.3 is 5.32 Å². The summed E-state index contributed by atoms with van der Waals surface area (Å²) in [5.74, 6) is 0.0471. The van der Waals surface area contributed by atoms with E-state index in [1.807, 2.05) is 67.6 Å². The summed E-state index contributed by atoms with van der Waals surface area (Å²) in [4.78, 5) is 13.2. The molecule has 1 amide bonds. The highest BCUT2D eigenvalue weighted by Crippen LogP contribution is 2.31. The second kappa shape index (κ2) is 9.06. The van der Waals surface area contributed by atoms with Crippen molar-refractivity contribution in [2.75, 3.05) is 18.1 Å². The Balaban J connectivity index is 1.53. The molecule has 1 aliphatic rings. The van der Waals surface area contributed by atoms with Crippen LogP contribution in [0, 0.1) is 12.8 Å². The van der Waals surface area contributed by atoms with Gasteiger partial charge in [0.2, 0.25) is 10.0 Å². The Kier molecular flexibility index (Phi) is 6.38. The molecular weight excluding hydrogens is 444 g/mol. The summed E-state index contributed by atoms with van der Waals surface area (Å²) in [5, 5.41) is 3.68. The lowest BCUT2D eigenvalue weighted by molar-refractivity contribution is 0.102. The van der Waals surface area contributed by atoms with Crippen LogP contribution in [0.4, 0.5) is 5.69 Å². The van der Waals surface area contributed by atoms with Crippen LogP contribution in [0.3, 0.4) is 0 Å². The fourth-order valence-electron chi connectivity index (χ4n) is 4.26. The van der Waals surface area contributed by atoms with Crippen LogP contribution < -0.4 is 10.0 Å². The third-order valence-electron chi connectivity index (χ3n) is 5.77. The maximum Gasteiger partial charge on any atom is 0.256 e. The number of halogens is 1. The van der Waals surface area contributed by atoms with Crippen molar-refractivity contribution in [2.45, 2.75) is 19.8 Å². The molecular formula is C25H25ClN2O3S. The highest BCUT2D eigenvalue weighted by molar-refractivity contribution is 7.88. The molecule has 32 heavy (non-hydrogen) atoms. The Bertz CT molecular complexity index is 1270. The molecule has 0 saturated carbocycles. The minimum absolute atomic E-state index is 0.174. The Morgan fingerprint density at radius 3 is 2.47 bits per heavy atom. The molecule has 0 heterocycles. The van der Waals surface area contributed by atoms with Crippen LogP contribution in [0.1, 0.15) is 27.0 Å². The van der Waals surface area contributed by atoms with Crippen LogP contribution >= 0.6 is 11.6 Å². The van der Waals surface area contributed by atoms with E-state index >= 15 is 0 Å². The number of rotatable bonds is 6. The van der Waals surface area contributed by atoms with Crippen molar-refractivity contribution in [1.29, 1.82) is 0 Å². The summed E-state index contributed by atoms with van der Waals surface area (Å²) in [6.45, 7) is 2.41. The average Bonchev–Trinajstić information content (AvgIpc) is 3.15. The third kappa shape index (κ3) is 5.21. The summed E-state index contributed by atoms with van der Waals surface area (Å²) in [6.07, 6.45) is 2.78. The van der Waals surface area contributed by atoms with Crippen molar-refractivity contribution in [3.8, 4) is 11.1 Å². The van der Waals surface area contributed by atoms with Crippen molar-refractivity contribution in [1.82, 2.24) is 4.72 Å². The van der Waals surface area contributed by atoms with E-state index in [1.54, 1.807) is 0 Å². The van der Waals surface area contributed by atoms with Gasteiger partial charge in [-0.05, 0) is 83.8 Å². The smallest absolute Gasteiger partial charge is 0.256 e. The molecule has 5 nitrogen and oxygen atoms in total. The van der Waals surface area contributed by atoms with Crippen molar-refractivity contribution >= 4 is 33.2 Å². The van der Waals surface area contributed by atoms with Crippen LogP contribution in [-0.2, 0) is 22.9 Å². The molecule has 3 aromatic carbocycles. The maximum absolute atomic E-state index is 13.2. The first-order valence-electron chi connectivity index (χ1n) is 10.4. The molecule has 0 aliphatic heterocycles. The van der Waals surface area contributed by atoms with E-state index in [4.69, 9.17) is 11.6 Å². The zero-order valence-corrected chi connectivity index (χ0v) is 19.6. The van der Waals surface area contributed by atoms with E-state index in [-0.39, 0.29) is 11.8 Å². The third-order valence-corrected chi connectivity index (χ3v) is 6.71. The Morgan fingerprint density at radius 2 is 1.75 bits per heavy atom. The van der Waals surface area contributed by atoms with Crippen LogP contribution in [0.25, 0.3) is 11.1 Å². The lowest BCUT2D eigenvalue weighted by atomic mass is 9.94. The molecule has 2 N–H and O–H groups in total. The maximum atomic E-state index is 13.2. The van der Waals surface area contributed by atoms with E-state index in [0.717, 1.165) is 40.8 Å². The molecule has 7 heteroatoms. The molecule has 0 bridgehead atoms. The van der Waals surface area contributed by atoms with E-state index in [2.05, 4.69) is 10.0 Å². The second-order valence-corrected chi connectivity index (χ2v) is 10.6. The van der Waals surface area contributed by atoms with E-state index in [1.165, 1.54) is 11.8 Å². The van der Waals surface area contributed by atoms with Gasteiger partial charge >= 0.3 is 0 Å². The first-order chi connectivity index (χ1) is 15.2. The number of carbonyl (C=O) groups excluding carboxylic acids is 1. The van der Waals surface area contributed by atoms with Gasteiger partial charge in [-0.3, -0.25) is 4.79 Å². The van der Waals surface area contributed by atoms with Gasteiger partial charge in [-0.25, -0.2) is 13.1 Å². The summed E-state index contributed by atoms with van der Waals surface area (Å²) in [7, 11) is -3.20. The molecule has 0 fully saturated rings. The van der Waals surface area contributed by atoms with Crippen LogP contribution in [-0.4, -0.2) is 27.1 Å². The Labute approximate surface area is 193 Å². The number of anilines is 1. The van der Waals surface area contributed by atoms with E-state index < -0.39 is 10.0 Å². The van der Waals surface area contributed by atoms with Gasteiger partial charge in [0.05, 0.1) is 6.26 Å². The van der Waals surface area contributed by atoms with Crippen molar-refractivity contribution in [3.63, 3.8) is 0 Å². The fourth-order valence-corrected chi connectivity index (χ4v) is 4.92. The zero-order chi connectivity index (χ0) is 22.9. The number of fused-ring (bicyclic) bond motifs is 1. The minimum atomic E-state index is -3.20. The van der Waals surface area contributed by atoms with Gasteiger partial charge in [0.15, 0.2) is 0 Å². The van der Waals surface area contributed by atoms with E-state index in [9.17, 15) is 13.2 Å². The predicted molar refractivity (Wildman–Crippen MR) is 130 cm³/mol. The number of hydrogen-bond acceptors (Lipinski definition) is 3. The van der Waals surface area contributed by atoms with Gasteiger partial charge in [0.1, 0.15) is 0 Å². The van der Waals surface area contributed by atoms with Crippen molar-refractivity contribution in [3.05, 3.63) is 87.9 Å². The largest absolute Gasteiger partial charge is 0.322 e. The highest BCUT2D eigenvalue weighted by atomic mass is 35.5. The van der Waals surface area contributed by atoms with Crippen molar-refractivity contribution < 1.29 is 13.2 Å². The molecule has 0 spiro atoms. The normalized spacial score (nSPS) is 15.4. The minimum Gasteiger partial charge on any atom is -0.322 e. The summed E-state index contributed by atoms with van der Waals surface area (Å²) < 4.78 is 25.3. The number of amides is 1. The zero-order valence-electron chi connectivity index (χ0n) is 18.0. The van der Waals surface area contributed by atoms with Crippen molar-refractivity contribution in [2.24, 2.45) is 5.92 Å². The lowest BCUT2D eigenvalue weighted by Gasteiger charge is -2.14. The fraction of sp³-hybridized carbons (Fsp3) is 0.240. The first-order valence-corrected chi connectivity index (χ1v) is 12.7. The van der Waals surface area contributed by atoms with Crippen LogP contribution in [0.5, 0.6) is 0 Å². The van der Waals surface area contributed by atoms with E-state index in [0.29, 0.717) is 17.1 Å². The first kappa shape index (κ1) is 22.5. The van der Waals surface area contributed by atoms with Gasteiger partial charge in [0.25, 0.3) is 5.91 Å².